The van der Waals surface area contributed by atoms with Crippen molar-refractivity contribution in [2.24, 2.45) is 0 Å². The highest BCUT2D eigenvalue weighted by atomic mass is 35.5. The van der Waals surface area contributed by atoms with E-state index in [9.17, 15) is 14.4 Å². The first-order valence-electron chi connectivity index (χ1n) is 8.17. The van der Waals surface area contributed by atoms with Crippen LogP contribution in [0, 0.1) is 0 Å². The number of piperidine rings is 1. The molecule has 1 aromatic carbocycles. The van der Waals surface area contributed by atoms with E-state index in [1.807, 2.05) is 0 Å². The number of carbonyl (C=O) groups is 3. The van der Waals surface area contributed by atoms with Gasteiger partial charge in [0.1, 0.15) is 6.04 Å². The Labute approximate surface area is 145 Å². The van der Waals surface area contributed by atoms with Crippen molar-refractivity contribution in [3.05, 3.63) is 34.9 Å². The summed E-state index contributed by atoms with van der Waals surface area (Å²) in [5, 5.41) is 6.19. The van der Waals surface area contributed by atoms with Gasteiger partial charge in [-0.1, -0.05) is 17.7 Å². The van der Waals surface area contributed by atoms with Crippen LogP contribution >= 0.6 is 11.6 Å². The predicted octanol–water partition coefficient (Wildman–Crippen LogP) is 1.34. The predicted molar refractivity (Wildman–Crippen MR) is 89.7 cm³/mol. The van der Waals surface area contributed by atoms with Gasteiger partial charge < -0.3 is 15.5 Å². The molecule has 6 nitrogen and oxygen atoms in total. The summed E-state index contributed by atoms with van der Waals surface area (Å²) in [6, 6.07) is 6.55. The van der Waals surface area contributed by atoms with E-state index >= 15 is 0 Å². The minimum atomic E-state index is -0.413. The summed E-state index contributed by atoms with van der Waals surface area (Å²) in [6.45, 7) is 1.18. The minimum Gasteiger partial charge on any atom is -0.351 e. The minimum absolute atomic E-state index is 0.0367. The van der Waals surface area contributed by atoms with Crippen molar-refractivity contribution < 1.29 is 14.4 Å². The molecule has 2 N–H and O–H groups in total. The van der Waals surface area contributed by atoms with Crippen LogP contribution < -0.4 is 10.6 Å². The summed E-state index contributed by atoms with van der Waals surface area (Å²) in [6.07, 6.45) is 2.37. The Morgan fingerprint density at radius 2 is 1.96 bits per heavy atom. The van der Waals surface area contributed by atoms with Crippen molar-refractivity contribution >= 4 is 29.3 Å². The van der Waals surface area contributed by atoms with E-state index in [1.165, 1.54) is 0 Å². The largest absolute Gasteiger partial charge is 0.351 e. The van der Waals surface area contributed by atoms with Crippen LogP contribution in [0.15, 0.2) is 24.3 Å². The highest BCUT2D eigenvalue weighted by Gasteiger charge is 2.30. The average molecular weight is 350 g/mol. The molecule has 0 aliphatic carbocycles. The zero-order chi connectivity index (χ0) is 17.1. The molecule has 2 aliphatic rings. The molecule has 128 valence electrons. The number of carbonyl (C=O) groups excluding carboxylic acids is 3. The maximum Gasteiger partial charge on any atom is 0.253 e. The fourth-order valence-electron chi connectivity index (χ4n) is 3.14. The molecule has 0 bridgehead atoms. The fraction of sp³-hybridized carbons (Fsp3) is 0.471. The molecule has 0 saturated carbocycles. The van der Waals surface area contributed by atoms with Gasteiger partial charge >= 0.3 is 0 Å². The molecule has 2 fully saturated rings. The van der Waals surface area contributed by atoms with E-state index in [1.54, 1.807) is 29.2 Å². The number of likely N-dealkylation sites (tertiary alicyclic amines) is 1. The molecule has 24 heavy (non-hydrogen) atoms. The van der Waals surface area contributed by atoms with Gasteiger partial charge in [-0.15, -0.1) is 0 Å². The van der Waals surface area contributed by atoms with Gasteiger partial charge in [-0.2, -0.15) is 0 Å². The summed E-state index contributed by atoms with van der Waals surface area (Å²) in [5.74, 6) is -0.233. The number of amides is 3. The van der Waals surface area contributed by atoms with Gasteiger partial charge in [0.05, 0.1) is 0 Å². The normalized spacial score (nSPS) is 21.5. The zero-order valence-electron chi connectivity index (χ0n) is 13.3. The van der Waals surface area contributed by atoms with Crippen LogP contribution in [0.1, 0.15) is 36.0 Å². The van der Waals surface area contributed by atoms with Gasteiger partial charge in [0.25, 0.3) is 5.91 Å². The number of halogens is 1. The van der Waals surface area contributed by atoms with Crippen molar-refractivity contribution in [2.75, 3.05) is 13.1 Å². The van der Waals surface area contributed by atoms with Crippen molar-refractivity contribution in [1.29, 1.82) is 0 Å². The van der Waals surface area contributed by atoms with Gasteiger partial charge in [-0.3, -0.25) is 14.4 Å². The van der Waals surface area contributed by atoms with Crippen LogP contribution in [0.4, 0.5) is 0 Å². The second-order valence-corrected chi connectivity index (χ2v) is 6.68. The number of nitrogens with zero attached hydrogens (tertiary/aromatic N) is 1. The fourth-order valence-corrected chi connectivity index (χ4v) is 3.33. The van der Waals surface area contributed by atoms with E-state index in [2.05, 4.69) is 10.6 Å². The Hall–Kier alpha value is -2.08. The Bertz CT molecular complexity index is 656. The SMILES string of the molecule is O=C1CCC(C(=O)NC2CCN(C(=O)c3cccc(Cl)c3)CC2)N1. The first-order chi connectivity index (χ1) is 11.5. The summed E-state index contributed by atoms with van der Waals surface area (Å²) >= 11 is 5.93. The standard InChI is InChI=1S/C17H20ClN3O3/c18-12-3-1-2-11(10-12)17(24)21-8-6-13(7-9-21)19-16(23)14-4-5-15(22)20-14/h1-3,10,13-14H,4-9H2,(H,19,23)(H,20,22). The Morgan fingerprint density at radius 1 is 1.21 bits per heavy atom. The van der Waals surface area contributed by atoms with Gasteiger partial charge in [0.15, 0.2) is 0 Å². The average Bonchev–Trinajstić information content (AvgIpc) is 3.01. The summed E-state index contributed by atoms with van der Waals surface area (Å²) in [5.41, 5.74) is 0.582. The second kappa shape index (κ2) is 7.21. The molecule has 0 radical (unpaired) electrons. The van der Waals surface area contributed by atoms with Crippen molar-refractivity contribution in [3.63, 3.8) is 0 Å². The van der Waals surface area contributed by atoms with E-state index in [0.717, 1.165) is 0 Å². The maximum absolute atomic E-state index is 12.5. The highest BCUT2D eigenvalue weighted by Crippen LogP contribution is 2.17. The number of rotatable bonds is 3. The molecule has 2 aliphatic heterocycles. The Kier molecular flexibility index (Phi) is 5.04. The second-order valence-electron chi connectivity index (χ2n) is 6.24. The van der Waals surface area contributed by atoms with E-state index in [4.69, 9.17) is 11.6 Å². The molecule has 2 saturated heterocycles. The topological polar surface area (TPSA) is 78.5 Å². The van der Waals surface area contributed by atoms with Gasteiger partial charge in [-0.05, 0) is 37.5 Å². The highest BCUT2D eigenvalue weighted by molar-refractivity contribution is 6.30. The van der Waals surface area contributed by atoms with Gasteiger partial charge in [0, 0.05) is 36.1 Å². The van der Waals surface area contributed by atoms with Crippen LogP contribution in [-0.4, -0.2) is 47.8 Å². The van der Waals surface area contributed by atoms with E-state index in [0.29, 0.717) is 49.4 Å². The molecule has 1 atom stereocenters. The number of hydrogen-bond donors (Lipinski definition) is 2. The van der Waals surface area contributed by atoms with Crippen molar-refractivity contribution in [1.82, 2.24) is 15.5 Å². The van der Waals surface area contributed by atoms with Crippen molar-refractivity contribution in [2.45, 2.75) is 37.8 Å². The van der Waals surface area contributed by atoms with Crippen LogP contribution in [0.2, 0.25) is 5.02 Å². The third-order valence-corrected chi connectivity index (χ3v) is 4.75. The smallest absolute Gasteiger partial charge is 0.253 e. The molecule has 7 heteroatoms. The van der Waals surface area contributed by atoms with Gasteiger partial charge in [-0.25, -0.2) is 0 Å². The lowest BCUT2D eigenvalue weighted by Crippen LogP contribution is -2.50. The quantitative estimate of drug-likeness (QED) is 0.864. The molecule has 0 spiro atoms. The number of hydrogen-bond acceptors (Lipinski definition) is 3. The molecule has 3 amide bonds. The van der Waals surface area contributed by atoms with E-state index in [-0.39, 0.29) is 23.8 Å². The van der Waals surface area contributed by atoms with Crippen LogP contribution in [0.5, 0.6) is 0 Å². The van der Waals surface area contributed by atoms with Crippen LogP contribution in [-0.2, 0) is 9.59 Å². The van der Waals surface area contributed by atoms with Gasteiger partial charge in [0.2, 0.25) is 11.8 Å². The number of benzene rings is 1. The third-order valence-electron chi connectivity index (χ3n) is 4.51. The monoisotopic (exact) mass is 349 g/mol. The summed E-state index contributed by atoms with van der Waals surface area (Å²) in [7, 11) is 0. The molecule has 3 rings (SSSR count). The molecular formula is C17H20ClN3O3. The van der Waals surface area contributed by atoms with Crippen molar-refractivity contribution in [3.8, 4) is 0 Å². The Morgan fingerprint density at radius 3 is 2.58 bits per heavy atom. The first kappa shape index (κ1) is 16.8. The summed E-state index contributed by atoms with van der Waals surface area (Å²) in [4.78, 5) is 37.5. The summed E-state index contributed by atoms with van der Waals surface area (Å²) < 4.78 is 0. The molecule has 1 aromatic rings. The first-order valence-corrected chi connectivity index (χ1v) is 8.55. The molecule has 0 aromatic heterocycles. The lowest BCUT2D eigenvalue weighted by molar-refractivity contribution is -0.126. The van der Waals surface area contributed by atoms with E-state index < -0.39 is 6.04 Å². The zero-order valence-corrected chi connectivity index (χ0v) is 14.0. The number of nitrogens with one attached hydrogen (secondary N) is 2. The molecule has 1 unspecified atom stereocenters. The van der Waals surface area contributed by atoms with Crippen LogP contribution in [0.3, 0.4) is 0 Å². The molecule has 2 heterocycles. The molecular weight excluding hydrogens is 330 g/mol. The lowest BCUT2D eigenvalue weighted by atomic mass is 10.0. The maximum atomic E-state index is 12.5. The Balaban J connectivity index is 1.49. The lowest BCUT2D eigenvalue weighted by Gasteiger charge is -2.33. The third kappa shape index (κ3) is 3.87. The van der Waals surface area contributed by atoms with Crippen LogP contribution in [0.25, 0.3) is 0 Å².